The second-order valence-corrected chi connectivity index (χ2v) is 8.53. The van der Waals surface area contributed by atoms with Crippen LogP contribution in [0.3, 0.4) is 0 Å². The Morgan fingerprint density at radius 1 is 1.40 bits per heavy atom. The van der Waals surface area contributed by atoms with Crippen molar-refractivity contribution in [2.45, 2.75) is 19.4 Å². The minimum atomic E-state index is -3.17. The molecule has 0 aromatic carbocycles. The van der Waals surface area contributed by atoms with E-state index in [9.17, 15) is 13.2 Å². The summed E-state index contributed by atoms with van der Waals surface area (Å²) in [7, 11) is -3.17. The number of amides is 1. The predicted octanol–water partition coefficient (Wildman–Crippen LogP) is 1.16. The number of likely N-dealkylation sites (tertiary alicyclic amines) is 1. The second kappa shape index (κ2) is 4.82. The monoisotopic (exact) mass is 314 g/mol. The fraction of sp³-hybridized carbons (Fsp3) is 0.615. The van der Waals surface area contributed by atoms with Gasteiger partial charge in [-0.05, 0) is 36.3 Å². The van der Waals surface area contributed by atoms with Gasteiger partial charge in [0.1, 0.15) is 0 Å². The molecule has 7 heteroatoms. The molecular weight excluding hydrogens is 296 g/mol. The van der Waals surface area contributed by atoms with Crippen LogP contribution in [-0.4, -0.2) is 55.5 Å². The lowest BCUT2D eigenvalue weighted by Crippen LogP contribution is -2.40. The van der Waals surface area contributed by atoms with E-state index in [1.807, 2.05) is 18.4 Å². The third-order valence-corrected chi connectivity index (χ3v) is 6.49. The molecule has 0 spiro atoms. The van der Waals surface area contributed by atoms with E-state index >= 15 is 0 Å². The van der Waals surface area contributed by atoms with Crippen LogP contribution in [0.15, 0.2) is 11.4 Å². The minimum Gasteiger partial charge on any atom is -0.336 e. The van der Waals surface area contributed by atoms with E-state index in [0.717, 1.165) is 16.9 Å². The molecule has 0 aliphatic carbocycles. The number of sulfonamides is 1. The number of rotatable bonds is 2. The molecule has 2 aliphatic heterocycles. The molecule has 0 bridgehead atoms. The Morgan fingerprint density at radius 2 is 2.15 bits per heavy atom. The van der Waals surface area contributed by atoms with Gasteiger partial charge in [-0.25, -0.2) is 8.42 Å². The SMILES string of the molecule is Cc1csc(C(=O)N2C[C@H]3CCN(S(C)(=O)=O)[C@H]3C2)c1. The predicted molar refractivity (Wildman–Crippen MR) is 78.4 cm³/mol. The lowest BCUT2D eigenvalue weighted by atomic mass is 10.1. The van der Waals surface area contributed by atoms with E-state index in [-0.39, 0.29) is 17.9 Å². The number of thiophene rings is 1. The molecule has 2 atom stereocenters. The third kappa shape index (κ3) is 2.38. The summed E-state index contributed by atoms with van der Waals surface area (Å²) >= 11 is 1.46. The van der Waals surface area contributed by atoms with Gasteiger partial charge in [0.15, 0.2) is 0 Å². The summed E-state index contributed by atoms with van der Waals surface area (Å²) in [4.78, 5) is 15.0. The van der Waals surface area contributed by atoms with Crippen molar-refractivity contribution in [3.8, 4) is 0 Å². The van der Waals surface area contributed by atoms with Gasteiger partial charge in [0.2, 0.25) is 10.0 Å². The molecule has 0 saturated carbocycles. The number of fused-ring (bicyclic) bond motifs is 1. The van der Waals surface area contributed by atoms with Crippen molar-refractivity contribution in [1.29, 1.82) is 0 Å². The first kappa shape index (κ1) is 14.0. The maximum absolute atomic E-state index is 12.4. The van der Waals surface area contributed by atoms with Gasteiger partial charge in [0.05, 0.1) is 11.1 Å². The van der Waals surface area contributed by atoms with E-state index in [1.165, 1.54) is 17.6 Å². The van der Waals surface area contributed by atoms with Crippen LogP contribution in [0, 0.1) is 12.8 Å². The van der Waals surface area contributed by atoms with Gasteiger partial charge >= 0.3 is 0 Å². The molecule has 1 aromatic rings. The molecule has 0 radical (unpaired) electrons. The number of carbonyl (C=O) groups excluding carboxylic acids is 1. The fourth-order valence-electron chi connectivity index (χ4n) is 3.20. The number of nitrogens with zero attached hydrogens (tertiary/aromatic N) is 2. The standard InChI is InChI=1S/C13H18N2O3S2/c1-9-5-12(19-8-9)13(16)14-6-10-3-4-15(11(10)7-14)20(2,17)18/h5,8,10-11H,3-4,6-7H2,1-2H3/t10-,11+/m1/s1. The first-order valence-corrected chi connectivity index (χ1v) is 9.40. The second-order valence-electron chi connectivity index (χ2n) is 5.69. The molecule has 0 unspecified atom stereocenters. The lowest BCUT2D eigenvalue weighted by Gasteiger charge is -2.22. The van der Waals surface area contributed by atoms with Gasteiger partial charge < -0.3 is 4.90 Å². The normalized spacial score (nSPS) is 27.0. The third-order valence-electron chi connectivity index (χ3n) is 4.15. The number of hydrogen-bond acceptors (Lipinski definition) is 4. The molecule has 20 heavy (non-hydrogen) atoms. The van der Waals surface area contributed by atoms with Crippen LogP contribution in [0.1, 0.15) is 21.7 Å². The molecule has 5 nitrogen and oxygen atoms in total. The van der Waals surface area contributed by atoms with E-state index in [4.69, 9.17) is 0 Å². The summed E-state index contributed by atoms with van der Waals surface area (Å²) in [5.74, 6) is 0.320. The first-order valence-electron chi connectivity index (χ1n) is 6.67. The van der Waals surface area contributed by atoms with Crippen molar-refractivity contribution in [3.63, 3.8) is 0 Å². The van der Waals surface area contributed by atoms with E-state index < -0.39 is 10.0 Å². The number of hydrogen-bond donors (Lipinski definition) is 0. The van der Waals surface area contributed by atoms with Crippen molar-refractivity contribution in [3.05, 3.63) is 21.9 Å². The summed E-state index contributed by atoms with van der Waals surface area (Å²) < 4.78 is 25.1. The summed E-state index contributed by atoms with van der Waals surface area (Å²) in [6, 6.07) is 1.87. The Labute approximate surface area is 123 Å². The van der Waals surface area contributed by atoms with Gasteiger partial charge in [-0.1, -0.05) is 0 Å². The highest BCUT2D eigenvalue weighted by Crippen LogP contribution is 2.34. The average Bonchev–Trinajstić information content (AvgIpc) is 2.99. The molecule has 3 heterocycles. The minimum absolute atomic E-state index is 0.0324. The quantitative estimate of drug-likeness (QED) is 0.823. The maximum Gasteiger partial charge on any atom is 0.263 e. The molecule has 2 fully saturated rings. The molecular formula is C13H18N2O3S2. The summed E-state index contributed by atoms with van der Waals surface area (Å²) in [5, 5.41) is 1.97. The van der Waals surface area contributed by atoms with Crippen LogP contribution >= 0.6 is 11.3 Å². The Morgan fingerprint density at radius 3 is 2.75 bits per heavy atom. The zero-order valence-electron chi connectivity index (χ0n) is 11.6. The van der Waals surface area contributed by atoms with Crippen LogP contribution in [0.5, 0.6) is 0 Å². The van der Waals surface area contributed by atoms with Crippen molar-refractivity contribution in [2.75, 3.05) is 25.9 Å². The Hall–Kier alpha value is -0.920. The van der Waals surface area contributed by atoms with Crippen LogP contribution in [0.2, 0.25) is 0 Å². The topological polar surface area (TPSA) is 57.7 Å². The lowest BCUT2D eigenvalue weighted by molar-refractivity contribution is 0.0783. The van der Waals surface area contributed by atoms with Crippen LogP contribution in [-0.2, 0) is 10.0 Å². The van der Waals surface area contributed by atoms with Crippen molar-refractivity contribution in [2.24, 2.45) is 5.92 Å². The van der Waals surface area contributed by atoms with Gasteiger partial charge in [0.25, 0.3) is 5.91 Å². The molecule has 0 N–H and O–H groups in total. The molecule has 2 aliphatic rings. The summed E-state index contributed by atoms with van der Waals surface area (Å²) in [6.45, 7) is 3.76. The molecule has 3 rings (SSSR count). The van der Waals surface area contributed by atoms with Crippen LogP contribution < -0.4 is 0 Å². The highest BCUT2D eigenvalue weighted by atomic mass is 32.2. The fourth-order valence-corrected chi connectivity index (χ4v) is 5.23. The van der Waals surface area contributed by atoms with Crippen molar-refractivity contribution < 1.29 is 13.2 Å². The Balaban J connectivity index is 1.76. The van der Waals surface area contributed by atoms with Crippen molar-refractivity contribution >= 4 is 27.3 Å². The maximum atomic E-state index is 12.4. The van der Waals surface area contributed by atoms with Crippen LogP contribution in [0.25, 0.3) is 0 Å². The van der Waals surface area contributed by atoms with Crippen molar-refractivity contribution in [1.82, 2.24) is 9.21 Å². The molecule has 1 aromatic heterocycles. The Bertz CT molecular complexity index is 638. The van der Waals surface area contributed by atoms with E-state index in [0.29, 0.717) is 19.6 Å². The Kier molecular flexibility index (Phi) is 3.38. The zero-order valence-corrected chi connectivity index (χ0v) is 13.2. The zero-order chi connectivity index (χ0) is 14.5. The van der Waals surface area contributed by atoms with Gasteiger partial charge in [-0.3, -0.25) is 4.79 Å². The van der Waals surface area contributed by atoms with Gasteiger partial charge in [0, 0.05) is 25.7 Å². The molecule has 1 amide bonds. The van der Waals surface area contributed by atoms with Gasteiger partial charge in [-0.15, -0.1) is 11.3 Å². The van der Waals surface area contributed by atoms with Crippen LogP contribution in [0.4, 0.5) is 0 Å². The largest absolute Gasteiger partial charge is 0.336 e. The average molecular weight is 314 g/mol. The van der Waals surface area contributed by atoms with E-state index in [2.05, 4.69) is 0 Å². The molecule has 2 saturated heterocycles. The van der Waals surface area contributed by atoms with Gasteiger partial charge in [-0.2, -0.15) is 4.31 Å². The summed E-state index contributed by atoms with van der Waals surface area (Å²) in [5.41, 5.74) is 1.09. The highest BCUT2D eigenvalue weighted by molar-refractivity contribution is 7.88. The van der Waals surface area contributed by atoms with E-state index in [1.54, 1.807) is 9.21 Å². The summed E-state index contributed by atoms with van der Waals surface area (Å²) in [6.07, 6.45) is 2.10. The smallest absolute Gasteiger partial charge is 0.263 e. The first-order chi connectivity index (χ1) is 9.36. The number of aryl methyl sites for hydroxylation is 1. The highest BCUT2D eigenvalue weighted by Gasteiger charge is 2.46. The number of carbonyl (C=O) groups is 1. The molecule has 110 valence electrons.